The number of nitrogens with zero attached hydrogens (tertiary/aromatic N) is 5. The minimum atomic E-state index is 0. The zero-order valence-corrected chi connectivity index (χ0v) is 19.0. The normalized spacial score (nSPS) is 13.8. The molecule has 0 fully saturated rings. The summed E-state index contributed by atoms with van der Waals surface area (Å²) < 4.78 is 3.42. The molecule has 1 aliphatic rings. The minimum absolute atomic E-state index is 0. The van der Waals surface area contributed by atoms with Gasteiger partial charge in [-0.25, -0.2) is 14.5 Å². The summed E-state index contributed by atoms with van der Waals surface area (Å²) in [6.45, 7) is 4.98. The highest BCUT2D eigenvalue weighted by Crippen LogP contribution is 2.09. The molecule has 0 saturated carbocycles. The quantitative estimate of drug-likeness (QED) is 0.258. The molecule has 27 heavy (non-hydrogen) atoms. The molecule has 150 valence electrons. The molecule has 2 N–H and O–H groups in total. The molecule has 8 nitrogen and oxygen atoms in total. The first-order valence-corrected chi connectivity index (χ1v) is 10.1. The fourth-order valence-corrected chi connectivity index (χ4v) is 3.73. The van der Waals surface area contributed by atoms with Crippen LogP contribution in [-0.2, 0) is 25.9 Å². The summed E-state index contributed by atoms with van der Waals surface area (Å²) in [5, 5.41) is 14.2. The highest BCUT2D eigenvalue weighted by molar-refractivity contribution is 14.0. The van der Waals surface area contributed by atoms with Gasteiger partial charge in [-0.1, -0.05) is 0 Å². The van der Waals surface area contributed by atoms with Crippen LogP contribution in [0.1, 0.15) is 35.8 Å². The zero-order valence-electron chi connectivity index (χ0n) is 15.9. The van der Waals surface area contributed by atoms with Crippen LogP contribution in [0.3, 0.4) is 0 Å². The molecule has 0 aromatic carbocycles. The van der Waals surface area contributed by atoms with Gasteiger partial charge >= 0.3 is 5.69 Å². The monoisotopic (exact) mass is 505 g/mol. The van der Waals surface area contributed by atoms with E-state index in [1.807, 2.05) is 11.5 Å². The maximum atomic E-state index is 12.3. The van der Waals surface area contributed by atoms with Gasteiger partial charge in [0.1, 0.15) is 5.82 Å². The first-order chi connectivity index (χ1) is 12.7. The molecule has 0 aliphatic carbocycles. The van der Waals surface area contributed by atoms with Gasteiger partial charge < -0.3 is 10.6 Å². The van der Waals surface area contributed by atoms with E-state index in [-0.39, 0.29) is 29.7 Å². The van der Waals surface area contributed by atoms with Crippen LogP contribution in [-0.4, -0.2) is 45.4 Å². The van der Waals surface area contributed by atoms with Crippen molar-refractivity contribution in [2.45, 2.75) is 52.1 Å². The van der Waals surface area contributed by atoms with Crippen LogP contribution in [0, 0.1) is 6.92 Å². The third kappa shape index (κ3) is 6.03. The highest BCUT2D eigenvalue weighted by atomic mass is 127. The van der Waals surface area contributed by atoms with Crippen molar-refractivity contribution in [1.29, 1.82) is 0 Å². The average molecular weight is 505 g/mol. The number of thiazole rings is 1. The van der Waals surface area contributed by atoms with Crippen LogP contribution in [0.15, 0.2) is 15.2 Å². The van der Waals surface area contributed by atoms with Crippen LogP contribution in [0.25, 0.3) is 0 Å². The zero-order chi connectivity index (χ0) is 18.4. The Kier molecular flexibility index (Phi) is 8.74. The number of aryl methyl sites for hydroxylation is 3. The number of halogens is 1. The molecule has 0 bridgehead atoms. The Morgan fingerprint density at radius 3 is 2.85 bits per heavy atom. The van der Waals surface area contributed by atoms with Crippen molar-refractivity contribution in [3.05, 3.63) is 32.4 Å². The van der Waals surface area contributed by atoms with Gasteiger partial charge in [-0.3, -0.25) is 9.56 Å². The fraction of sp³-hybridized carbons (Fsp3) is 0.647. The largest absolute Gasteiger partial charge is 0.356 e. The Labute approximate surface area is 180 Å². The van der Waals surface area contributed by atoms with Crippen LogP contribution < -0.4 is 16.3 Å². The number of rotatable bonds is 7. The van der Waals surface area contributed by atoms with E-state index in [0.29, 0.717) is 6.54 Å². The molecule has 0 unspecified atom stereocenters. The molecule has 3 rings (SSSR count). The van der Waals surface area contributed by atoms with Gasteiger partial charge in [0.25, 0.3) is 0 Å². The number of aliphatic imine (C=N–C) groups is 1. The van der Waals surface area contributed by atoms with E-state index < -0.39 is 0 Å². The van der Waals surface area contributed by atoms with Gasteiger partial charge in [-0.2, -0.15) is 5.10 Å². The molecule has 1 aliphatic heterocycles. The van der Waals surface area contributed by atoms with Crippen LogP contribution >= 0.6 is 35.3 Å². The lowest BCUT2D eigenvalue weighted by molar-refractivity contribution is 0.509. The van der Waals surface area contributed by atoms with Gasteiger partial charge in [-0.05, 0) is 26.2 Å². The van der Waals surface area contributed by atoms with Gasteiger partial charge in [0, 0.05) is 51.4 Å². The van der Waals surface area contributed by atoms with Crippen molar-refractivity contribution < 1.29 is 0 Å². The van der Waals surface area contributed by atoms with Crippen LogP contribution in [0.2, 0.25) is 0 Å². The van der Waals surface area contributed by atoms with E-state index in [4.69, 9.17) is 0 Å². The number of nitrogens with one attached hydrogen (secondary N) is 2. The topological polar surface area (TPSA) is 89.1 Å². The second kappa shape index (κ2) is 10.8. The molecule has 10 heteroatoms. The van der Waals surface area contributed by atoms with E-state index in [2.05, 4.69) is 31.1 Å². The Hall–Kier alpha value is -1.43. The summed E-state index contributed by atoms with van der Waals surface area (Å²) in [7, 11) is 1.76. The van der Waals surface area contributed by atoms with Gasteiger partial charge in [0.15, 0.2) is 5.96 Å². The molecule has 2 aromatic rings. The molecule has 0 atom stereocenters. The Morgan fingerprint density at radius 2 is 2.15 bits per heavy atom. The van der Waals surface area contributed by atoms with E-state index in [0.717, 1.165) is 74.2 Å². The van der Waals surface area contributed by atoms with E-state index in [1.165, 1.54) is 0 Å². The first kappa shape index (κ1) is 21.9. The molecule has 0 amide bonds. The number of guanidine groups is 1. The van der Waals surface area contributed by atoms with E-state index >= 15 is 0 Å². The van der Waals surface area contributed by atoms with Crippen LogP contribution in [0.5, 0.6) is 0 Å². The number of aromatic nitrogens is 4. The van der Waals surface area contributed by atoms with Gasteiger partial charge in [0.2, 0.25) is 0 Å². The Balaban J connectivity index is 0.00000261. The molecule has 0 radical (unpaired) electrons. The third-order valence-electron chi connectivity index (χ3n) is 4.43. The standard InChI is InChI=1S/C17H27N7OS.HI/c1-13-21-14(12-26-13)7-9-20-16(18-2)19-8-5-11-24-17(25)23-10-4-3-6-15(23)22-24;/h12H,3-11H2,1-2H3,(H2,18,19,20);1H. The molecular weight excluding hydrogens is 477 g/mol. The maximum absolute atomic E-state index is 12.3. The third-order valence-corrected chi connectivity index (χ3v) is 5.26. The predicted octanol–water partition coefficient (Wildman–Crippen LogP) is 1.56. The van der Waals surface area contributed by atoms with Crippen molar-refractivity contribution in [3.8, 4) is 0 Å². The fourth-order valence-electron chi connectivity index (χ4n) is 3.08. The summed E-state index contributed by atoms with van der Waals surface area (Å²) in [6.07, 6.45) is 4.81. The Bertz CT molecular complexity index is 811. The summed E-state index contributed by atoms with van der Waals surface area (Å²) in [6, 6.07) is 0. The number of hydrogen-bond acceptors (Lipinski definition) is 5. The predicted molar refractivity (Wildman–Crippen MR) is 119 cm³/mol. The summed E-state index contributed by atoms with van der Waals surface area (Å²) >= 11 is 1.67. The average Bonchev–Trinajstić information content (AvgIpc) is 3.21. The molecule has 2 aromatic heterocycles. The van der Waals surface area contributed by atoms with Gasteiger partial charge in [-0.15, -0.1) is 35.3 Å². The Morgan fingerprint density at radius 1 is 1.33 bits per heavy atom. The summed E-state index contributed by atoms with van der Waals surface area (Å²) in [5.41, 5.74) is 1.14. The molecule has 3 heterocycles. The second-order valence-corrected chi connectivity index (χ2v) is 7.48. The molecule has 0 saturated heterocycles. The summed E-state index contributed by atoms with van der Waals surface area (Å²) in [4.78, 5) is 21.0. The van der Waals surface area contributed by atoms with E-state index in [9.17, 15) is 4.79 Å². The van der Waals surface area contributed by atoms with Gasteiger partial charge in [0.05, 0.1) is 10.7 Å². The van der Waals surface area contributed by atoms with Crippen LogP contribution in [0.4, 0.5) is 0 Å². The smallest absolute Gasteiger partial charge is 0.345 e. The number of fused-ring (bicyclic) bond motifs is 1. The van der Waals surface area contributed by atoms with E-state index in [1.54, 1.807) is 23.1 Å². The lowest BCUT2D eigenvalue weighted by atomic mass is 10.2. The van der Waals surface area contributed by atoms with Crippen molar-refractivity contribution in [2.24, 2.45) is 4.99 Å². The van der Waals surface area contributed by atoms with Crippen molar-refractivity contribution in [1.82, 2.24) is 30.0 Å². The number of hydrogen-bond donors (Lipinski definition) is 2. The van der Waals surface area contributed by atoms with Crippen molar-refractivity contribution >= 4 is 41.3 Å². The highest BCUT2D eigenvalue weighted by Gasteiger charge is 2.16. The lowest BCUT2D eigenvalue weighted by Gasteiger charge is -2.11. The molecular formula is C17H28IN7OS. The summed E-state index contributed by atoms with van der Waals surface area (Å²) in [5.74, 6) is 1.71. The lowest BCUT2D eigenvalue weighted by Crippen LogP contribution is -2.39. The van der Waals surface area contributed by atoms with Crippen molar-refractivity contribution in [3.63, 3.8) is 0 Å². The molecule has 0 spiro atoms. The minimum Gasteiger partial charge on any atom is -0.356 e. The first-order valence-electron chi connectivity index (χ1n) is 9.19. The maximum Gasteiger partial charge on any atom is 0.345 e. The van der Waals surface area contributed by atoms with Crippen molar-refractivity contribution in [2.75, 3.05) is 20.1 Å². The SMILES string of the molecule is CN=C(NCCCn1nc2n(c1=O)CCCC2)NCCc1csc(C)n1.I. The second-order valence-electron chi connectivity index (χ2n) is 6.42.